The number of amides is 1. The average Bonchev–Trinajstić information content (AvgIpc) is 3.39. The summed E-state index contributed by atoms with van der Waals surface area (Å²) in [6.45, 7) is 2.15. The largest absolute Gasteiger partial charge is 0.507 e. The predicted molar refractivity (Wildman–Crippen MR) is 143 cm³/mol. The van der Waals surface area contributed by atoms with Crippen LogP contribution in [-0.2, 0) is 23.1 Å². The normalized spacial score (nSPS) is 13.7. The zero-order chi connectivity index (χ0) is 27.3. The molecule has 8 nitrogen and oxygen atoms in total. The fourth-order valence-corrected chi connectivity index (χ4v) is 4.90. The van der Waals surface area contributed by atoms with E-state index in [4.69, 9.17) is 9.47 Å². The summed E-state index contributed by atoms with van der Waals surface area (Å²) in [7, 11) is -3.64. The number of ether oxygens (including phenoxy) is 2. The lowest BCUT2D eigenvalue weighted by molar-refractivity contribution is 0.0980. The highest BCUT2D eigenvalue weighted by atomic mass is 32.2. The summed E-state index contributed by atoms with van der Waals surface area (Å²) in [6, 6.07) is 16.4. The zero-order valence-corrected chi connectivity index (χ0v) is 22.2. The molecule has 1 saturated carbocycles. The first-order valence-corrected chi connectivity index (χ1v) is 14.4. The molecule has 9 heteroatoms. The maximum absolute atomic E-state index is 13.3. The molecule has 0 radical (unpaired) electrons. The van der Waals surface area contributed by atoms with Gasteiger partial charge in [0, 0.05) is 17.2 Å². The molecule has 2 N–H and O–H groups in total. The van der Waals surface area contributed by atoms with Crippen molar-refractivity contribution in [2.45, 2.75) is 51.7 Å². The molecule has 0 unspecified atom stereocenters. The van der Waals surface area contributed by atoms with Crippen molar-refractivity contribution in [3.8, 4) is 17.2 Å². The van der Waals surface area contributed by atoms with Gasteiger partial charge in [0.25, 0.3) is 5.91 Å². The fourth-order valence-electron chi connectivity index (χ4n) is 4.44. The number of aromatic hydroxyl groups is 1. The van der Waals surface area contributed by atoms with Crippen LogP contribution < -0.4 is 14.2 Å². The van der Waals surface area contributed by atoms with Crippen LogP contribution in [0.1, 0.15) is 70.0 Å². The maximum atomic E-state index is 13.3. The average molecular weight is 538 g/mol. The van der Waals surface area contributed by atoms with Crippen molar-refractivity contribution < 1.29 is 32.6 Å². The van der Waals surface area contributed by atoms with Crippen LogP contribution >= 0.6 is 0 Å². The van der Waals surface area contributed by atoms with Crippen molar-refractivity contribution in [1.82, 2.24) is 4.72 Å². The third kappa shape index (κ3) is 6.92. The van der Waals surface area contributed by atoms with E-state index in [1.165, 1.54) is 18.2 Å². The molecule has 0 saturated heterocycles. The van der Waals surface area contributed by atoms with Gasteiger partial charge in [-0.3, -0.25) is 9.59 Å². The third-order valence-corrected chi connectivity index (χ3v) is 6.98. The molecule has 0 atom stereocenters. The summed E-state index contributed by atoms with van der Waals surface area (Å²) in [5.74, 6) is 0.0499. The molecule has 3 aromatic rings. The van der Waals surface area contributed by atoms with E-state index in [1.807, 2.05) is 11.6 Å². The van der Waals surface area contributed by atoms with Gasteiger partial charge in [0.1, 0.15) is 23.9 Å². The summed E-state index contributed by atoms with van der Waals surface area (Å²) in [6.07, 6.45) is 5.96. The second kappa shape index (κ2) is 11.7. The van der Waals surface area contributed by atoms with Crippen molar-refractivity contribution in [3.63, 3.8) is 0 Å². The van der Waals surface area contributed by atoms with Gasteiger partial charge >= 0.3 is 0 Å². The van der Waals surface area contributed by atoms with Crippen LogP contribution in [0.15, 0.2) is 60.7 Å². The molecular formula is C29H31NO7S. The Kier molecular flexibility index (Phi) is 8.36. The van der Waals surface area contributed by atoms with Crippen LogP contribution in [0.2, 0.25) is 0 Å². The van der Waals surface area contributed by atoms with Crippen molar-refractivity contribution in [1.29, 1.82) is 0 Å². The Labute approximate surface area is 222 Å². The number of phenolic OH excluding ortho intramolecular Hbond substituents is 1. The molecule has 0 heterocycles. The van der Waals surface area contributed by atoms with Gasteiger partial charge < -0.3 is 14.6 Å². The molecule has 4 rings (SSSR count). The van der Waals surface area contributed by atoms with Gasteiger partial charge in [-0.25, -0.2) is 13.1 Å². The Balaban J connectivity index is 1.42. The summed E-state index contributed by atoms with van der Waals surface area (Å²) < 4.78 is 36.2. The lowest BCUT2D eigenvalue weighted by Gasteiger charge is -2.15. The summed E-state index contributed by atoms with van der Waals surface area (Å²) in [5.41, 5.74) is 2.49. The Hall–Kier alpha value is -3.85. The van der Waals surface area contributed by atoms with E-state index < -0.39 is 15.9 Å². The zero-order valence-electron chi connectivity index (χ0n) is 21.4. The number of nitrogens with one attached hydrogen (secondary N) is 1. The Morgan fingerprint density at radius 2 is 1.61 bits per heavy atom. The molecule has 0 aliphatic heterocycles. The minimum absolute atomic E-state index is 0.110. The van der Waals surface area contributed by atoms with E-state index in [1.54, 1.807) is 42.5 Å². The second-order valence-electron chi connectivity index (χ2n) is 9.39. The number of sulfonamides is 1. The number of carbonyl (C=O) groups excluding carboxylic acids is 2. The number of rotatable bonds is 10. The number of phenols is 1. The number of hydrogen-bond donors (Lipinski definition) is 2. The van der Waals surface area contributed by atoms with Gasteiger partial charge in [0.05, 0.1) is 17.9 Å². The fraction of sp³-hybridized carbons (Fsp3) is 0.310. The van der Waals surface area contributed by atoms with E-state index in [0.29, 0.717) is 23.5 Å². The summed E-state index contributed by atoms with van der Waals surface area (Å²) in [4.78, 5) is 25.2. The first-order chi connectivity index (χ1) is 18.1. The van der Waals surface area contributed by atoms with Crippen LogP contribution in [0.5, 0.6) is 17.2 Å². The van der Waals surface area contributed by atoms with Crippen LogP contribution in [0.25, 0.3) is 0 Å². The van der Waals surface area contributed by atoms with E-state index >= 15 is 0 Å². The van der Waals surface area contributed by atoms with Crippen LogP contribution in [0, 0.1) is 0 Å². The molecule has 1 fully saturated rings. The highest BCUT2D eigenvalue weighted by Crippen LogP contribution is 2.31. The number of carbonyl (C=O) groups is 2. The highest BCUT2D eigenvalue weighted by molar-refractivity contribution is 7.89. The number of aryl methyl sites for hydroxylation is 1. The lowest BCUT2D eigenvalue weighted by atomic mass is 9.96. The summed E-state index contributed by atoms with van der Waals surface area (Å²) >= 11 is 0. The third-order valence-electron chi connectivity index (χ3n) is 6.42. The highest BCUT2D eigenvalue weighted by Gasteiger charge is 2.20. The van der Waals surface area contributed by atoms with E-state index in [0.717, 1.165) is 43.1 Å². The van der Waals surface area contributed by atoms with E-state index in [9.17, 15) is 23.1 Å². The molecule has 200 valence electrons. The number of benzene rings is 3. The number of ketones is 1. The smallest absolute Gasteiger partial charge is 0.264 e. The Morgan fingerprint density at radius 1 is 0.947 bits per heavy atom. The monoisotopic (exact) mass is 537 g/mol. The molecule has 38 heavy (non-hydrogen) atoms. The first kappa shape index (κ1) is 27.2. The van der Waals surface area contributed by atoms with Gasteiger partial charge in [0.15, 0.2) is 5.78 Å². The van der Waals surface area contributed by atoms with E-state index in [-0.39, 0.29) is 35.4 Å². The minimum Gasteiger partial charge on any atom is -0.507 e. The summed E-state index contributed by atoms with van der Waals surface area (Å²) in [5, 5.41) is 10.6. The molecule has 0 aromatic heterocycles. The van der Waals surface area contributed by atoms with Gasteiger partial charge in [-0.2, -0.15) is 0 Å². The SMILES string of the molecule is CCc1cc(OCc2ccc(C(=O)NS(C)(=O)=O)cc2)ccc1C(=O)c1ccc(OC2CCCC2)cc1O. The lowest BCUT2D eigenvalue weighted by Crippen LogP contribution is -2.29. The standard InChI is InChI=1S/C29H31NO7S/c1-3-20-16-23(36-18-19-8-10-21(11-9-19)29(33)30-38(2,34)35)12-14-25(20)28(32)26-15-13-24(17-27(26)31)37-22-6-4-5-7-22/h8-17,22,31H,3-7,18H2,1-2H3,(H,30,33). The van der Waals surface area contributed by atoms with Crippen LogP contribution in [-0.4, -0.2) is 37.6 Å². The molecule has 1 amide bonds. The van der Waals surface area contributed by atoms with E-state index in [2.05, 4.69) is 0 Å². The quantitative estimate of drug-likeness (QED) is 0.357. The topological polar surface area (TPSA) is 119 Å². The number of hydrogen-bond acceptors (Lipinski definition) is 7. The molecule has 0 spiro atoms. The Morgan fingerprint density at radius 3 is 2.24 bits per heavy atom. The van der Waals surface area contributed by atoms with Gasteiger partial charge in [0.2, 0.25) is 10.0 Å². The van der Waals surface area contributed by atoms with Gasteiger partial charge in [-0.15, -0.1) is 0 Å². The second-order valence-corrected chi connectivity index (χ2v) is 11.1. The van der Waals surface area contributed by atoms with Crippen molar-refractivity contribution >= 4 is 21.7 Å². The molecular weight excluding hydrogens is 506 g/mol. The molecule has 1 aliphatic carbocycles. The van der Waals surface area contributed by atoms with Gasteiger partial charge in [-0.1, -0.05) is 19.1 Å². The van der Waals surface area contributed by atoms with Gasteiger partial charge in [-0.05, 0) is 85.7 Å². The predicted octanol–water partition coefficient (Wildman–Crippen LogP) is 4.78. The minimum atomic E-state index is -3.64. The Bertz CT molecular complexity index is 1430. The first-order valence-electron chi connectivity index (χ1n) is 12.5. The van der Waals surface area contributed by atoms with Crippen LogP contribution in [0.4, 0.5) is 0 Å². The molecule has 3 aromatic carbocycles. The van der Waals surface area contributed by atoms with Crippen molar-refractivity contribution in [2.75, 3.05) is 6.26 Å². The molecule has 0 bridgehead atoms. The van der Waals surface area contributed by atoms with Crippen LogP contribution in [0.3, 0.4) is 0 Å². The van der Waals surface area contributed by atoms with Crippen molar-refractivity contribution in [3.05, 3.63) is 88.5 Å². The maximum Gasteiger partial charge on any atom is 0.264 e. The molecule has 1 aliphatic rings. The van der Waals surface area contributed by atoms with Crippen molar-refractivity contribution in [2.24, 2.45) is 0 Å².